The van der Waals surface area contributed by atoms with E-state index in [-0.39, 0.29) is 5.91 Å². The summed E-state index contributed by atoms with van der Waals surface area (Å²) < 4.78 is 2.48. The Kier molecular flexibility index (Phi) is 3.67. The fourth-order valence-electron chi connectivity index (χ4n) is 2.02. The summed E-state index contributed by atoms with van der Waals surface area (Å²) in [5, 5.41) is 4.21. The Morgan fingerprint density at radius 1 is 1.56 bits per heavy atom. The maximum atomic E-state index is 11.5. The van der Waals surface area contributed by atoms with E-state index in [4.69, 9.17) is 5.73 Å². The van der Waals surface area contributed by atoms with E-state index in [0.717, 1.165) is 25.9 Å². The molecule has 0 bridgehead atoms. The summed E-state index contributed by atoms with van der Waals surface area (Å²) in [4.78, 5) is 13.4. The van der Waals surface area contributed by atoms with Crippen molar-refractivity contribution in [2.75, 3.05) is 23.3 Å². The fraction of sp³-hybridized carbons (Fsp3) is 0.600. The first-order chi connectivity index (χ1) is 7.70. The van der Waals surface area contributed by atoms with E-state index < -0.39 is 0 Å². The minimum atomic E-state index is 0.235. The van der Waals surface area contributed by atoms with Gasteiger partial charge in [-0.3, -0.25) is 9.48 Å². The minimum absolute atomic E-state index is 0.235. The summed E-state index contributed by atoms with van der Waals surface area (Å²) >= 11 is 2.11. The van der Waals surface area contributed by atoms with Crippen molar-refractivity contribution in [1.29, 1.82) is 0 Å². The molecule has 0 atom stereocenters. The van der Waals surface area contributed by atoms with Gasteiger partial charge in [0, 0.05) is 19.3 Å². The lowest BCUT2D eigenvalue weighted by atomic mass is 10.1. The molecule has 2 rings (SSSR count). The van der Waals surface area contributed by atoms with Crippen molar-refractivity contribution in [3.63, 3.8) is 0 Å². The van der Waals surface area contributed by atoms with Gasteiger partial charge in [0.05, 0.1) is 10.5 Å². The standard InChI is InChI=1S/C10H15IN4O/c11-7-10(16)14-4-1-8(2-5-14)15-6-3-9(12)13-15/h3,6,8H,1-2,4-5,7H2,(H2,12,13). The molecule has 0 aliphatic carbocycles. The van der Waals surface area contributed by atoms with E-state index in [0.29, 0.717) is 16.3 Å². The molecule has 0 aromatic carbocycles. The molecule has 88 valence electrons. The van der Waals surface area contributed by atoms with Crippen LogP contribution >= 0.6 is 22.6 Å². The number of nitrogen functional groups attached to an aromatic ring is 1. The van der Waals surface area contributed by atoms with Gasteiger partial charge in [0.2, 0.25) is 5.91 Å². The summed E-state index contributed by atoms with van der Waals surface area (Å²) in [6.07, 6.45) is 3.84. The predicted octanol–water partition coefficient (Wildman–Crippen LogP) is 1.06. The number of nitrogens with two attached hydrogens (primary N) is 1. The van der Waals surface area contributed by atoms with Gasteiger partial charge in [0.15, 0.2) is 0 Å². The van der Waals surface area contributed by atoms with Crippen LogP contribution in [0.15, 0.2) is 12.3 Å². The highest BCUT2D eigenvalue weighted by atomic mass is 127. The first-order valence-corrected chi connectivity index (χ1v) is 6.87. The Morgan fingerprint density at radius 3 is 2.75 bits per heavy atom. The highest BCUT2D eigenvalue weighted by molar-refractivity contribution is 14.1. The molecule has 16 heavy (non-hydrogen) atoms. The molecule has 1 aliphatic heterocycles. The number of rotatable bonds is 2. The first-order valence-electron chi connectivity index (χ1n) is 5.35. The molecule has 1 aromatic heterocycles. The minimum Gasteiger partial charge on any atom is -0.382 e. The second-order valence-corrected chi connectivity index (χ2v) is 4.73. The highest BCUT2D eigenvalue weighted by Gasteiger charge is 2.23. The second-order valence-electron chi connectivity index (χ2n) is 3.97. The van der Waals surface area contributed by atoms with Crippen LogP contribution in [0.4, 0.5) is 5.82 Å². The summed E-state index contributed by atoms with van der Waals surface area (Å²) in [6.45, 7) is 1.65. The van der Waals surface area contributed by atoms with Crippen LogP contribution < -0.4 is 5.73 Å². The van der Waals surface area contributed by atoms with Gasteiger partial charge >= 0.3 is 0 Å². The smallest absolute Gasteiger partial charge is 0.232 e. The second kappa shape index (κ2) is 5.03. The third kappa shape index (κ3) is 2.47. The van der Waals surface area contributed by atoms with Gasteiger partial charge in [-0.2, -0.15) is 5.10 Å². The zero-order chi connectivity index (χ0) is 11.5. The average Bonchev–Trinajstić information content (AvgIpc) is 2.75. The van der Waals surface area contributed by atoms with Gasteiger partial charge in [-0.1, -0.05) is 22.6 Å². The number of piperidine rings is 1. The average molecular weight is 334 g/mol. The maximum Gasteiger partial charge on any atom is 0.232 e. The van der Waals surface area contributed by atoms with Crippen LogP contribution in [-0.2, 0) is 4.79 Å². The topological polar surface area (TPSA) is 64.2 Å². The molecule has 0 unspecified atom stereocenters. The lowest BCUT2D eigenvalue weighted by Crippen LogP contribution is -2.39. The van der Waals surface area contributed by atoms with Crippen molar-refractivity contribution in [2.24, 2.45) is 0 Å². The van der Waals surface area contributed by atoms with Crippen LogP contribution in [0.2, 0.25) is 0 Å². The number of anilines is 1. The van der Waals surface area contributed by atoms with E-state index in [1.807, 2.05) is 21.8 Å². The number of carbonyl (C=O) groups excluding carboxylic acids is 1. The lowest BCUT2D eigenvalue weighted by molar-refractivity contribution is -0.129. The number of hydrogen-bond donors (Lipinski definition) is 1. The molecule has 0 spiro atoms. The SMILES string of the molecule is Nc1ccn(C2CCN(C(=O)CI)CC2)n1. The summed E-state index contributed by atoms with van der Waals surface area (Å²) in [5.41, 5.74) is 5.58. The van der Waals surface area contributed by atoms with E-state index in [2.05, 4.69) is 27.7 Å². The normalized spacial score (nSPS) is 17.7. The van der Waals surface area contributed by atoms with Crippen molar-refractivity contribution in [3.8, 4) is 0 Å². The molecule has 1 fully saturated rings. The van der Waals surface area contributed by atoms with Crippen LogP contribution in [0.25, 0.3) is 0 Å². The van der Waals surface area contributed by atoms with Crippen molar-refractivity contribution in [1.82, 2.24) is 14.7 Å². The Bertz CT molecular complexity index is 371. The van der Waals surface area contributed by atoms with Crippen molar-refractivity contribution < 1.29 is 4.79 Å². The molecule has 1 amide bonds. The summed E-state index contributed by atoms with van der Waals surface area (Å²) in [5.74, 6) is 0.796. The van der Waals surface area contributed by atoms with Crippen molar-refractivity contribution >= 4 is 34.3 Å². The number of aromatic nitrogens is 2. The largest absolute Gasteiger partial charge is 0.382 e. The molecular weight excluding hydrogens is 319 g/mol. The Morgan fingerprint density at radius 2 is 2.25 bits per heavy atom. The van der Waals surface area contributed by atoms with E-state index >= 15 is 0 Å². The zero-order valence-electron chi connectivity index (χ0n) is 8.97. The highest BCUT2D eigenvalue weighted by Crippen LogP contribution is 2.22. The molecule has 5 nitrogen and oxygen atoms in total. The van der Waals surface area contributed by atoms with Crippen LogP contribution in [0.3, 0.4) is 0 Å². The van der Waals surface area contributed by atoms with Crippen LogP contribution in [0.1, 0.15) is 18.9 Å². The monoisotopic (exact) mass is 334 g/mol. The van der Waals surface area contributed by atoms with E-state index in [1.165, 1.54) is 0 Å². The molecule has 1 saturated heterocycles. The number of carbonyl (C=O) groups is 1. The van der Waals surface area contributed by atoms with E-state index in [9.17, 15) is 4.79 Å². The molecule has 2 heterocycles. The van der Waals surface area contributed by atoms with E-state index in [1.54, 1.807) is 0 Å². The van der Waals surface area contributed by atoms with Crippen molar-refractivity contribution in [3.05, 3.63) is 12.3 Å². The number of alkyl halides is 1. The summed E-state index contributed by atoms with van der Waals surface area (Å²) in [6, 6.07) is 2.19. The molecule has 1 aromatic rings. The Hall–Kier alpha value is -0.790. The Balaban J connectivity index is 1.92. The van der Waals surface area contributed by atoms with Gasteiger partial charge in [-0.25, -0.2) is 0 Å². The number of amides is 1. The van der Waals surface area contributed by atoms with Gasteiger partial charge in [-0.05, 0) is 18.9 Å². The van der Waals surface area contributed by atoms with Gasteiger partial charge in [0.25, 0.3) is 0 Å². The number of hydrogen-bond acceptors (Lipinski definition) is 3. The molecule has 2 N–H and O–H groups in total. The quantitative estimate of drug-likeness (QED) is 0.650. The fourth-order valence-corrected chi connectivity index (χ4v) is 2.50. The third-order valence-electron chi connectivity index (χ3n) is 2.93. The molecular formula is C10H15IN4O. The zero-order valence-corrected chi connectivity index (χ0v) is 11.1. The van der Waals surface area contributed by atoms with Crippen LogP contribution in [-0.4, -0.2) is 38.1 Å². The molecule has 0 saturated carbocycles. The molecule has 1 aliphatic rings. The Labute approximate surface area is 108 Å². The molecule has 6 heteroatoms. The van der Waals surface area contributed by atoms with Gasteiger partial charge < -0.3 is 10.6 Å². The third-order valence-corrected chi connectivity index (χ3v) is 3.59. The van der Waals surface area contributed by atoms with Crippen LogP contribution in [0, 0.1) is 0 Å². The summed E-state index contributed by atoms with van der Waals surface area (Å²) in [7, 11) is 0. The lowest BCUT2D eigenvalue weighted by Gasteiger charge is -2.31. The number of nitrogens with zero attached hydrogens (tertiary/aromatic N) is 3. The number of halogens is 1. The predicted molar refractivity (Wildman–Crippen MR) is 70.4 cm³/mol. The van der Waals surface area contributed by atoms with Crippen LogP contribution in [0.5, 0.6) is 0 Å². The van der Waals surface area contributed by atoms with Crippen molar-refractivity contribution in [2.45, 2.75) is 18.9 Å². The van der Waals surface area contributed by atoms with Gasteiger partial charge in [0.1, 0.15) is 5.82 Å². The molecule has 0 radical (unpaired) electrons. The first kappa shape index (κ1) is 11.7. The van der Waals surface area contributed by atoms with Gasteiger partial charge in [-0.15, -0.1) is 0 Å². The maximum absolute atomic E-state index is 11.5. The number of likely N-dealkylation sites (tertiary alicyclic amines) is 1.